The van der Waals surface area contributed by atoms with E-state index in [1.807, 2.05) is 36.4 Å². The number of ether oxygens (including phenoxy) is 1. The highest BCUT2D eigenvalue weighted by molar-refractivity contribution is 6.03. The number of fused-ring (bicyclic) bond motifs is 1. The summed E-state index contributed by atoms with van der Waals surface area (Å²) >= 11 is 0. The predicted molar refractivity (Wildman–Crippen MR) is 100 cm³/mol. The molecular formula is C21H22N2O3. The van der Waals surface area contributed by atoms with E-state index < -0.39 is 11.6 Å². The van der Waals surface area contributed by atoms with Crippen LogP contribution in [-0.2, 0) is 16.0 Å². The second-order valence-corrected chi connectivity index (χ2v) is 7.12. The minimum Gasteiger partial charge on any atom is -0.445 e. The minimum absolute atomic E-state index is 0.299. The number of cyclic esters (lactones) is 1. The number of para-hydroxylation sites is 2. The van der Waals surface area contributed by atoms with Gasteiger partial charge in [0.1, 0.15) is 0 Å². The number of hydrogen-bond donors (Lipinski definition) is 1. The smallest absolute Gasteiger partial charge is 0.339 e. The lowest BCUT2D eigenvalue weighted by Gasteiger charge is -2.33. The molecule has 134 valence electrons. The lowest BCUT2D eigenvalue weighted by molar-refractivity contribution is -0.134. The van der Waals surface area contributed by atoms with Gasteiger partial charge in [-0.1, -0.05) is 30.3 Å². The van der Waals surface area contributed by atoms with Gasteiger partial charge in [0.25, 0.3) is 5.91 Å². The van der Waals surface area contributed by atoms with Gasteiger partial charge in [-0.15, -0.1) is 0 Å². The van der Waals surface area contributed by atoms with Crippen molar-refractivity contribution in [3.05, 3.63) is 59.7 Å². The topological polar surface area (TPSA) is 58.6 Å². The fraction of sp³-hybridized carbons (Fsp3) is 0.333. The zero-order valence-electron chi connectivity index (χ0n) is 14.8. The fourth-order valence-electron chi connectivity index (χ4n) is 3.73. The van der Waals surface area contributed by atoms with Crippen molar-refractivity contribution in [2.24, 2.45) is 0 Å². The molecule has 1 fully saturated rings. The van der Waals surface area contributed by atoms with E-state index in [1.165, 1.54) is 0 Å². The number of amides is 1. The molecule has 2 aromatic rings. The van der Waals surface area contributed by atoms with Gasteiger partial charge in [0.2, 0.25) is 0 Å². The van der Waals surface area contributed by atoms with Crippen LogP contribution in [0.25, 0.3) is 0 Å². The summed E-state index contributed by atoms with van der Waals surface area (Å²) in [4.78, 5) is 27.6. The second kappa shape index (κ2) is 6.48. The van der Waals surface area contributed by atoms with Crippen molar-refractivity contribution in [2.45, 2.75) is 31.8 Å². The van der Waals surface area contributed by atoms with E-state index in [4.69, 9.17) is 4.74 Å². The summed E-state index contributed by atoms with van der Waals surface area (Å²) in [5.74, 6) is -0.746. The van der Waals surface area contributed by atoms with Crippen LogP contribution in [0.3, 0.4) is 0 Å². The molecule has 0 aromatic heterocycles. The van der Waals surface area contributed by atoms with Crippen molar-refractivity contribution in [3.8, 4) is 0 Å². The van der Waals surface area contributed by atoms with Crippen LogP contribution in [-0.4, -0.2) is 30.6 Å². The summed E-state index contributed by atoms with van der Waals surface area (Å²) in [5.41, 5.74) is 1.94. The van der Waals surface area contributed by atoms with Gasteiger partial charge in [-0.05, 0) is 43.5 Å². The Labute approximate surface area is 153 Å². The van der Waals surface area contributed by atoms with Crippen molar-refractivity contribution < 1.29 is 14.3 Å². The predicted octanol–water partition coefficient (Wildman–Crippen LogP) is 3.40. The van der Waals surface area contributed by atoms with E-state index in [1.54, 1.807) is 19.1 Å². The molecule has 0 bridgehead atoms. The van der Waals surface area contributed by atoms with Crippen LogP contribution in [0.5, 0.6) is 0 Å². The molecule has 1 saturated heterocycles. The number of anilines is 2. The first-order valence-corrected chi connectivity index (χ1v) is 9.03. The molecule has 26 heavy (non-hydrogen) atoms. The summed E-state index contributed by atoms with van der Waals surface area (Å²) in [6.45, 7) is 3.66. The number of carbonyl (C=O) groups excluding carboxylic acids is 2. The average molecular weight is 350 g/mol. The van der Waals surface area contributed by atoms with Gasteiger partial charge in [0.05, 0.1) is 16.9 Å². The Morgan fingerprint density at radius 2 is 1.77 bits per heavy atom. The lowest BCUT2D eigenvalue weighted by atomic mass is 9.89. The minimum atomic E-state index is -1.22. The van der Waals surface area contributed by atoms with Gasteiger partial charge in [-0.2, -0.15) is 0 Å². The summed E-state index contributed by atoms with van der Waals surface area (Å²) in [6.07, 6.45) is 2.69. The molecule has 0 spiro atoms. The van der Waals surface area contributed by atoms with Crippen LogP contribution >= 0.6 is 0 Å². The Kier molecular flexibility index (Phi) is 4.15. The number of rotatable bonds is 3. The molecule has 1 atom stereocenters. The Balaban J connectivity index is 1.58. The van der Waals surface area contributed by atoms with Crippen LogP contribution in [0, 0.1) is 0 Å². The van der Waals surface area contributed by atoms with E-state index in [-0.39, 0.29) is 5.91 Å². The number of benzene rings is 2. The number of carbonyl (C=O) groups is 2. The standard InChI is InChI=1S/C21H22N2O3/c1-21(14-15-8-2-3-9-16(15)19(24)26-21)20(25)22-17-10-4-5-11-18(17)23-12-6-7-13-23/h2-5,8-11H,6-7,12-14H2,1H3,(H,22,25)/t21-/m1/s1. The van der Waals surface area contributed by atoms with Gasteiger partial charge in [-0.25, -0.2) is 4.79 Å². The van der Waals surface area contributed by atoms with Crippen LogP contribution in [0.2, 0.25) is 0 Å². The summed E-state index contributed by atoms with van der Waals surface area (Å²) in [6, 6.07) is 15.1. The normalized spacial score (nSPS) is 21.9. The molecule has 0 unspecified atom stereocenters. The second-order valence-electron chi connectivity index (χ2n) is 7.12. The zero-order chi connectivity index (χ0) is 18.1. The highest BCUT2D eigenvalue weighted by Crippen LogP contribution is 2.32. The maximum Gasteiger partial charge on any atom is 0.339 e. The Bertz CT molecular complexity index is 858. The molecule has 2 heterocycles. The fourth-order valence-corrected chi connectivity index (χ4v) is 3.73. The summed E-state index contributed by atoms with van der Waals surface area (Å²) < 4.78 is 5.54. The molecule has 0 radical (unpaired) electrons. The van der Waals surface area contributed by atoms with Crippen molar-refractivity contribution in [1.82, 2.24) is 0 Å². The molecule has 1 N–H and O–H groups in total. The third-order valence-electron chi connectivity index (χ3n) is 5.16. The molecule has 0 saturated carbocycles. The van der Waals surface area contributed by atoms with E-state index in [0.717, 1.165) is 42.9 Å². The monoisotopic (exact) mass is 350 g/mol. The van der Waals surface area contributed by atoms with E-state index in [0.29, 0.717) is 12.0 Å². The average Bonchev–Trinajstić information content (AvgIpc) is 3.16. The molecule has 1 amide bonds. The van der Waals surface area contributed by atoms with E-state index in [9.17, 15) is 9.59 Å². The largest absolute Gasteiger partial charge is 0.445 e. The molecule has 5 heteroatoms. The third kappa shape index (κ3) is 2.94. The number of nitrogens with zero attached hydrogens (tertiary/aromatic N) is 1. The number of hydrogen-bond acceptors (Lipinski definition) is 4. The van der Waals surface area contributed by atoms with E-state index >= 15 is 0 Å². The molecule has 2 aromatic carbocycles. The van der Waals surface area contributed by atoms with Crippen molar-refractivity contribution in [3.63, 3.8) is 0 Å². The van der Waals surface area contributed by atoms with Crippen LogP contribution < -0.4 is 10.2 Å². The molecule has 4 rings (SSSR count). The molecule has 5 nitrogen and oxygen atoms in total. The summed E-state index contributed by atoms with van der Waals surface area (Å²) in [7, 11) is 0. The quantitative estimate of drug-likeness (QED) is 0.862. The first-order chi connectivity index (χ1) is 12.6. The SMILES string of the molecule is C[C@]1(C(=O)Nc2ccccc2N2CCCC2)Cc2ccccc2C(=O)O1. The van der Waals surface area contributed by atoms with E-state index in [2.05, 4.69) is 10.2 Å². The number of esters is 1. The Morgan fingerprint density at radius 3 is 2.58 bits per heavy atom. The van der Waals surface area contributed by atoms with Crippen LogP contribution in [0.15, 0.2) is 48.5 Å². The highest BCUT2D eigenvalue weighted by atomic mass is 16.6. The van der Waals surface area contributed by atoms with Gasteiger partial charge < -0.3 is 15.0 Å². The zero-order valence-corrected chi connectivity index (χ0v) is 14.8. The first-order valence-electron chi connectivity index (χ1n) is 9.03. The van der Waals surface area contributed by atoms with Gasteiger partial charge >= 0.3 is 5.97 Å². The molecule has 0 aliphatic carbocycles. The van der Waals surface area contributed by atoms with Crippen molar-refractivity contribution in [2.75, 3.05) is 23.3 Å². The van der Waals surface area contributed by atoms with Crippen molar-refractivity contribution in [1.29, 1.82) is 0 Å². The van der Waals surface area contributed by atoms with Gasteiger partial charge in [0.15, 0.2) is 5.60 Å². The summed E-state index contributed by atoms with van der Waals surface area (Å²) in [5, 5.41) is 2.99. The van der Waals surface area contributed by atoms with Crippen LogP contribution in [0.1, 0.15) is 35.7 Å². The lowest BCUT2D eigenvalue weighted by Crippen LogP contribution is -2.49. The van der Waals surface area contributed by atoms with Gasteiger partial charge in [0, 0.05) is 19.5 Å². The molecule has 2 aliphatic rings. The maximum absolute atomic E-state index is 13.0. The maximum atomic E-state index is 13.0. The van der Waals surface area contributed by atoms with Crippen molar-refractivity contribution >= 4 is 23.3 Å². The Hall–Kier alpha value is -2.82. The third-order valence-corrected chi connectivity index (χ3v) is 5.16. The molecule has 2 aliphatic heterocycles. The highest BCUT2D eigenvalue weighted by Gasteiger charge is 2.42. The van der Waals surface area contributed by atoms with Crippen LogP contribution in [0.4, 0.5) is 11.4 Å². The van der Waals surface area contributed by atoms with Gasteiger partial charge in [-0.3, -0.25) is 4.79 Å². The molecular weight excluding hydrogens is 328 g/mol. The first kappa shape index (κ1) is 16.6. The Morgan fingerprint density at radius 1 is 1.08 bits per heavy atom. The number of nitrogens with one attached hydrogen (secondary N) is 1.